The molecule has 2 aromatic carbocycles. The molecule has 0 amide bonds. The molecule has 1 saturated heterocycles. The van der Waals surface area contributed by atoms with Crippen molar-refractivity contribution in [2.45, 2.75) is 22.8 Å². The second-order valence-corrected chi connectivity index (χ2v) is 10.7. The summed E-state index contributed by atoms with van der Waals surface area (Å²) in [5.41, 5.74) is 0.739. The lowest BCUT2D eigenvalue weighted by molar-refractivity contribution is 0.473. The maximum absolute atomic E-state index is 12.6. The zero-order chi connectivity index (χ0) is 21.6. The standard InChI is InChI=1S/C22H30N4O2S2/c1-23-22(24-15-19-9-7-8-12-21(19)30(27,28)25(2)3)26-14-13-18(16-26)17-29-20-10-5-4-6-11-20/h4-12,18H,13-17H2,1-3H3,(H,23,24). The average molecular weight is 447 g/mol. The van der Waals surface area contributed by atoms with Crippen molar-refractivity contribution in [3.63, 3.8) is 0 Å². The number of hydrogen-bond acceptors (Lipinski definition) is 4. The lowest BCUT2D eigenvalue weighted by atomic mass is 10.2. The molecule has 8 heteroatoms. The van der Waals surface area contributed by atoms with E-state index in [1.165, 1.54) is 9.20 Å². The largest absolute Gasteiger partial charge is 0.352 e. The van der Waals surface area contributed by atoms with E-state index in [0.29, 0.717) is 17.4 Å². The highest BCUT2D eigenvalue weighted by Gasteiger charge is 2.26. The van der Waals surface area contributed by atoms with Crippen LogP contribution in [0.5, 0.6) is 0 Å². The first-order valence-electron chi connectivity index (χ1n) is 10.1. The number of nitrogens with zero attached hydrogens (tertiary/aromatic N) is 3. The Balaban J connectivity index is 1.58. The Morgan fingerprint density at radius 2 is 1.87 bits per heavy atom. The van der Waals surface area contributed by atoms with Crippen molar-refractivity contribution >= 4 is 27.7 Å². The average Bonchev–Trinajstić information content (AvgIpc) is 3.22. The number of rotatable bonds is 7. The molecule has 0 radical (unpaired) electrons. The van der Waals surface area contributed by atoms with Gasteiger partial charge in [0.05, 0.1) is 4.90 Å². The topological polar surface area (TPSA) is 65.0 Å². The summed E-state index contributed by atoms with van der Waals surface area (Å²) in [5.74, 6) is 2.51. The molecular formula is C22H30N4O2S2. The van der Waals surface area contributed by atoms with Crippen LogP contribution < -0.4 is 5.32 Å². The van der Waals surface area contributed by atoms with Crippen LogP contribution in [0.2, 0.25) is 0 Å². The van der Waals surface area contributed by atoms with Crippen LogP contribution in [0.1, 0.15) is 12.0 Å². The molecule has 30 heavy (non-hydrogen) atoms. The van der Waals surface area contributed by atoms with Gasteiger partial charge in [0.2, 0.25) is 10.0 Å². The van der Waals surface area contributed by atoms with E-state index in [4.69, 9.17) is 0 Å². The van der Waals surface area contributed by atoms with E-state index >= 15 is 0 Å². The van der Waals surface area contributed by atoms with E-state index in [9.17, 15) is 8.42 Å². The molecule has 0 aromatic heterocycles. The van der Waals surface area contributed by atoms with Crippen molar-refractivity contribution in [2.24, 2.45) is 10.9 Å². The van der Waals surface area contributed by atoms with Gasteiger partial charge in [-0.05, 0) is 36.1 Å². The first-order valence-corrected chi connectivity index (χ1v) is 12.5. The Labute approximate surface area is 184 Å². The molecule has 1 atom stereocenters. The fourth-order valence-electron chi connectivity index (χ4n) is 3.50. The van der Waals surface area contributed by atoms with Crippen LogP contribution >= 0.6 is 11.8 Å². The Bertz CT molecular complexity index is 962. The number of thioether (sulfide) groups is 1. The van der Waals surface area contributed by atoms with Crippen molar-refractivity contribution in [3.8, 4) is 0 Å². The molecule has 1 aliphatic rings. The van der Waals surface area contributed by atoms with Crippen LogP contribution in [-0.4, -0.2) is 63.6 Å². The Hall–Kier alpha value is -2.03. The second-order valence-electron chi connectivity index (χ2n) is 7.52. The van der Waals surface area contributed by atoms with Gasteiger partial charge in [-0.15, -0.1) is 11.8 Å². The number of sulfonamides is 1. The van der Waals surface area contributed by atoms with Gasteiger partial charge < -0.3 is 10.2 Å². The van der Waals surface area contributed by atoms with E-state index < -0.39 is 10.0 Å². The van der Waals surface area contributed by atoms with Crippen LogP contribution in [0.25, 0.3) is 0 Å². The zero-order valence-electron chi connectivity index (χ0n) is 17.8. The minimum atomic E-state index is -3.49. The molecule has 1 N–H and O–H groups in total. The maximum atomic E-state index is 12.6. The predicted octanol–water partition coefficient (Wildman–Crippen LogP) is 3.13. The lowest BCUT2D eigenvalue weighted by Gasteiger charge is -2.22. The first kappa shape index (κ1) is 22.7. The summed E-state index contributed by atoms with van der Waals surface area (Å²) in [7, 11) is 1.39. The molecule has 162 valence electrons. The van der Waals surface area contributed by atoms with Gasteiger partial charge >= 0.3 is 0 Å². The van der Waals surface area contributed by atoms with E-state index in [2.05, 4.69) is 39.5 Å². The summed E-state index contributed by atoms with van der Waals surface area (Å²) in [6, 6.07) is 17.6. The molecule has 0 saturated carbocycles. The molecule has 1 unspecified atom stereocenters. The molecule has 0 spiro atoms. The molecule has 1 fully saturated rings. The third-order valence-corrected chi connectivity index (χ3v) is 8.35. The van der Waals surface area contributed by atoms with E-state index in [1.54, 1.807) is 33.3 Å². The van der Waals surface area contributed by atoms with Crippen LogP contribution in [0.15, 0.2) is 69.4 Å². The molecule has 0 bridgehead atoms. The minimum absolute atomic E-state index is 0.330. The summed E-state index contributed by atoms with van der Waals surface area (Å²) in [5, 5.41) is 3.36. The molecule has 1 aliphatic heterocycles. The van der Waals surface area contributed by atoms with Gasteiger partial charge in [-0.3, -0.25) is 4.99 Å². The van der Waals surface area contributed by atoms with E-state index in [1.807, 2.05) is 30.0 Å². The van der Waals surface area contributed by atoms with Crippen molar-refractivity contribution < 1.29 is 8.42 Å². The molecular weight excluding hydrogens is 416 g/mol. The van der Waals surface area contributed by atoms with Crippen LogP contribution in [0.4, 0.5) is 0 Å². The number of hydrogen-bond donors (Lipinski definition) is 1. The van der Waals surface area contributed by atoms with Gasteiger partial charge in [-0.1, -0.05) is 36.4 Å². The fourth-order valence-corrected chi connectivity index (χ4v) is 5.66. The van der Waals surface area contributed by atoms with Crippen molar-refractivity contribution in [3.05, 3.63) is 60.2 Å². The van der Waals surface area contributed by atoms with Gasteiger partial charge in [0, 0.05) is 51.4 Å². The van der Waals surface area contributed by atoms with Crippen molar-refractivity contribution in [2.75, 3.05) is 40.0 Å². The SMILES string of the molecule is CN=C(NCc1ccccc1S(=O)(=O)N(C)C)N1CCC(CSc2ccccc2)C1. The molecule has 1 heterocycles. The molecule has 0 aliphatic carbocycles. The van der Waals surface area contributed by atoms with Crippen LogP contribution in [0.3, 0.4) is 0 Å². The number of nitrogens with one attached hydrogen (secondary N) is 1. The lowest BCUT2D eigenvalue weighted by Crippen LogP contribution is -2.40. The van der Waals surface area contributed by atoms with Crippen molar-refractivity contribution in [1.82, 2.24) is 14.5 Å². The summed E-state index contributed by atoms with van der Waals surface area (Å²) >= 11 is 1.90. The highest BCUT2D eigenvalue weighted by Crippen LogP contribution is 2.26. The zero-order valence-corrected chi connectivity index (χ0v) is 19.4. The number of likely N-dealkylation sites (tertiary alicyclic amines) is 1. The highest BCUT2D eigenvalue weighted by molar-refractivity contribution is 7.99. The second kappa shape index (κ2) is 10.3. The van der Waals surface area contributed by atoms with Gasteiger partial charge in [0.1, 0.15) is 0 Å². The number of aliphatic imine (C=N–C) groups is 1. The third kappa shape index (κ3) is 5.56. The van der Waals surface area contributed by atoms with Gasteiger partial charge in [-0.2, -0.15) is 0 Å². The third-order valence-electron chi connectivity index (χ3n) is 5.19. The fraction of sp³-hybridized carbons (Fsp3) is 0.409. The van der Waals surface area contributed by atoms with Crippen molar-refractivity contribution in [1.29, 1.82) is 0 Å². The predicted molar refractivity (Wildman–Crippen MR) is 124 cm³/mol. The smallest absolute Gasteiger partial charge is 0.242 e. The first-order chi connectivity index (χ1) is 14.4. The van der Waals surface area contributed by atoms with Gasteiger partial charge in [0.25, 0.3) is 0 Å². The summed E-state index contributed by atoms with van der Waals surface area (Å²) in [6.07, 6.45) is 1.13. The quantitative estimate of drug-likeness (QED) is 0.402. The number of guanidine groups is 1. The summed E-state index contributed by atoms with van der Waals surface area (Å²) in [4.78, 5) is 8.33. The molecule has 6 nitrogen and oxygen atoms in total. The van der Waals surface area contributed by atoms with Crippen LogP contribution in [0, 0.1) is 5.92 Å². The summed E-state index contributed by atoms with van der Waals surface area (Å²) in [6.45, 7) is 2.32. The van der Waals surface area contributed by atoms with E-state index in [0.717, 1.165) is 36.8 Å². The minimum Gasteiger partial charge on any atom is -0.352 e. The molecule has 2 aromatic rings. The van der Waals surface area contributed by atoms with E-state index in [-0.39, 0.29) is 0 Å². The van der Waals surface area contributed by atoms with Crippen LogP contribution in [-0.2, 0) is 16.6 Å². The van der Waals surface area contributed by atoms with Gasteiger partial charge in [0.15, 0.2) is 5.96 Å². The maximum Gasteiger partial charge on any atom is 0.242 e. The Morgan fingerprint density at radius 1 is 1.17 bits per heavy atom. The Kier molecular flexibility index (Phi) is 7.80. The number of benzene rings is 2. The monoisotopic (exact) mass is 446 g/mol. The highest BCUT2D eigenvalue weighted by atomic mass is 32.2. The molecule has 3 rings (SSSR count). The van der Waals surface area contributed by atoms with Gasteiger partial charge in [-0.25, -0.2) is 12.7 Å². The Morgan fingerprint density at radius 3 is 2.57 bits per heavy atom. The normalized spacial score (nSPS) is 17.5. The summed E-state index contributed by atoms with van der Waals surface area (Å²) < 4.78 is 26.5.